The number of amides is 2. The molecule has 2 atom stereocenters. The smallest absolute Gasteiger partial charge is 0.244 e. The van der Waals surface area contributed by atoms with E-state index in [1.54, 1.807) is 12.1 Å². The molecule has 3 aromatic rings. The number of anilines is 1. The fraction of sp³-hybridized carbons (Fsp3) is 0.375. The Morgan fingerprint density at radius 1 is 0.905 bits per heavy atom. The van der Waals surface area contributed by atoms with Crippen molar-refractivity contribution < 1.29 is 27.5 Å². The largest absolute Gasteiger partial charge is 0.493 e. The van der Waals surface area contributed by atoms with Crippen molar-refractivity contribution in [3.8, 4) is 11.5 Å². The van der Waals surface area contributed by atoms with E-state index in [4.69, 9.17) is 9.47 Å². The van der Waals surface area contributed by atoms with Gasteiger partial charge in [0.15, 0.2) is 11.5 Å². The van der Waals surface area contributed by atoms with Gasteiger partial charge in [-0.15, -0.1) is 0 Å². The number of rotatable bonds is 14. The number of hydrogen-bond donors (Lipinski definition) is 1. The second-order valence-electron chi connectivity index (χ2n) is 10.3. The van der Waals surface area contributed by atoms with Gasteiger partial charge in [0.25, 0.3) is 0 Å². The second-order valence-corrected chi connectivity index (χ2v) is 12.2. The Morgan fingerprint density at radius 3 is 2.17 bits per heavy atom. The zero-order chi connectivity index (χ0) is 30.9. The average molecular weight is 596 g/mol. The summed E-state index contributed by atoms with van der Waals surface area (Å²) in [6, 6.07) is 20.8. The molecule has 1 N–H and O–H groups in total. The molecule has 0 aliphatic carbocycles. The third-order valence-corrected chi connectivity index (χ3v) is 8.18. The van der Waals surface area contributed by atoms with Crippen LogP contribution in [0.2, 0.25) is 0 Å². The number of benzene rings is 3. The van der Waals surface area contributed by atoms with Crippen LogP contribution in [0.5, 0.6) is 11.5 Å². The lowest BCUT2D eigenvalue weighted by molar-refractivity contribution is -0.140. The van der Waals surface area contributed by atoms with Crippen molar-refractivity contribution in [1.29, 1.82) is 0 Å². The van der Waals surface area contributed by atoms with E-state index in [0.717, 1.165) is 33.7 Å². The molecule has 0 aliphatic rings. The number of nitrogens with zero attached hydrogens (tertiary/aromatic N) is 2. The molecule has 3 rings (SSSR count). The van der Waals surface area contributed by atoms with E-state index in [-0.39, 0.29) is 30.6 Å². The maximum atomic E-state index is 14.2. The monoisotopic (exact) mass is 595 g/mol. The molecule has 0 saturated carbocycles. The number of methoxy groups -OCH3 is 2. The molecule has 2 amide bonds. The summed E-state index contributed by atoms with van der Waals surface area (Å²) in [5.74, 6) is -0.0717. The zero-order valence-electron chi connectivity index (χ0n) is 25.2. The highest BCUT2D eigenvalue weighted by Gasteiger charge is 2.33. The highest BCUT2D eigenvalue weighted by Crippen LogP contribution is 2.32. The molecule has 0 saturated heterocycles. The minimum atomic E-state index is -3.91. The van der Waals surface area contributed by atoms with Crippen LogP contribution < -0.4 is 19.1 Å². The average Bonchev–Trinajstić information content (AvgIpc) is 2.97. The van der Waals surface area contributed by atoms with Crippen LogP contribution in [0, 0.1) is 6.92 Å². The number of carbonyl (C=O) groups is 2. The van der Waals surface area contributed by atoms with Crippen molar-refractivity contribution in [3.05, 3.63) is 89.5 Å². The molecule has 0 heterocycles. The van der Waals surface area contributed by atoms with Crippen LogP contribution in [0.1, 0.15) is 37.0 Å². The molecule has 3 aromatic carbocycles. The maximum absolute atomic E-state index is 14.2. The predicted octanol–water partition coefficient (Wildman–Crippen LogP) is 4.33. The molecular weight excluding hydrogens is 554 g/mol. The van der Waals surface area contributed by atoms with Crippen LogP contribution in [-0.2, 0) is 32.6 Å². The molecule has 0 radical (unpaired) electrons. The van der Waals surface area contributed by atoms with Crippen molar-refractivity contribution in [3.63, 3.8) is 0 Å². The Hall–Kier alpha value is -4.05. The van der Waals surface area contributed by atoms with Crippen LogP contribution in [0.25, 0.3) is 0 Å². The van der Waals surface area contributed by atoms with E-state index in [0.29, 0.717) is 11.5 Å². The minimum absolute atomic E-state index is 0.106. The van der Waals surface area contributed by atoms with Crippen LogP contribution >= 0.6 is 0 Å². The first-order chi connectivity index (χ1) is 20.0. The second kappa shape index (κ2) is 14.7. The molecule has 0 fully saturated rings. The number of carbonyl (C=O) groups excluding carboxylic acids is 2. The van der Waals surface area contributed by atoms with Gasteiger partial charge < -0.3 is 19.7 Å². The lowest BCUT2D eigenvalue weighted by Gasteiger charge is -2.34. The number of aryl methyl sites for hydroxylation is 1. The summed E-state index contributed by atoms with van der Waals surface area (Å²) < 4.78 is 37.7. The molecule has 0 bridgehead atoms. The van der Waals surface area contributed by atoms with Crippen LogP contribution in [0.3, 0.4) is 0 Å². The number of ether oxygens (including phenoxy) is 2. The summed E-state index contributed by atoms with van der Waals surface area (Å²) in [5.41, 5.74) is 2.95. The lowest BCUT2D eigenvalue weighted by Crippen LogP contribution is -2.54. The number of sulfonamides is 1. The molecule has 10 heteroatoms. The van der Waals surface area contributed by atoms with Crippen molar-refractivity contribution in [2.45, 2.75) is 52.2 Å². The Morgan fingerprint density at radius 2 is 1.57 bits per heavy atom. The summed E-state index contributed by atoms with van der Waals surface area (Å²) >= 11 is 0. The molecule has 9 nitrogen and oxygen atoms in total. The number of nitrogens with one attached hydrogen (secondary N) is 1. The summed E-state index contributed by atoms with van der Waals surface area (Å²) in [5, 5.41) is 3.03. The minimum Gasteiger partial charge on any atom is -0.493 e. The van der Waals surface area contributed by atoms with Crippen molar-refractivity contribution in [2.75, 3.05) is 31.3 Å². The topological polar surface area (TPSA) is 105 Å². The fourth-order valence-electron chi connectivity index (χ4n) is 4.60. The quantitative estimate of drug-likeness (QED) is 0.298. The van der Waals surface area contributed by atoms with Gasteiger partial charge in [-0.3, -0.25) is 13.9 Å². The van der Waals surface area contributed by atoms with Gasteiger partial charge in [0, 0.05) is 25.1 Å². The molecule has 0 spiro atoms. The van der Waals surface area contributed by atoms with Crippen LogP contribution in [0.4, 0.5) is 5.69 Å². The summed E-state index contributed by atoms with van der Waals surface area (Å²) in [4.78, 5) is 29.5. The fourth-order valence-corrected chi connectivity index (χ4v) is 5.44. The Balaban J connectivity index is 2.08. The molecular formula is C32H41N3O6S. The van der Waals surface area contributed by atoms with Gasteiger partial charge in [-0.05, 0) is 43.5 Å². The molecule has 0 unspecified atom stereocenters. The van der Waals surface area contributed by atoms with Gasteiger partial charge in [-0.2, -0.15) is 0 Å². The maximum Gasteiger partial charge on any atom is 0.244 e. The summed E-state index contributed by atoms with van der Waals surface area (Å²) in [7, 11) is -0.978. The Kier molecular flexibility index (Phi) is 11.4. The first-order valence-electron chi connectivity index (χ1n) is 13.9. The van der Waals surface area contributed by atoms with Crippen molar-refractivity contribution in [1.82, 2.24) is 10.2 Å². The van der Waals surface area contributed by atoms with E-state index >= 15 is 0 Å². The van der Waals surface area contributed by atoms with E-state index in [1.165, 1.54) is 25.2 Å². The van der Waals surface area contributed by atoms with Gasteiger partial charge >= 0.3 is 0 Å². The molecule has 42 heavy (non-hydrogen) atoms. The molecule has 226 valence electrons. The third-order valence-electron chi connectivity index (χ3n) is 7.04. The standard InChI is InChI=1S/C32H41N3O6S/c1-7-24(3)33-32(37)28(19-25-13-9-8-10-14-25)34(21-26-15-11-12-23(2)18-26)31(36)22-35(42(6,38)39)27-16-17-29(40-4)30(20-27)41-5/h8-18,20,24,28H,7,19,21-22H2,1-6H3,(H,33,37)/t24-,28+/m1/s1. The van der Waals surface area contributed by atoms with Gasteiger partial charge in [0.05, 0.1) is 26.2 Å². The van der Waals surface area contributed by atoms with Crippen LogP contribution in [-0.4, -0.2) is 64.2 Å². The first kappa shape index (κ1) is 32.5. The predicted molar refractivity (Wildman–Crippen MR) is 165 cm³/mol. The van der Waals surface area contributed by atoms with Gasteiger partial charge in [-0.1, -0.05) is 67.1 Å². The normalized spacial score (nSPS) is 12.6. The lowest BCUT2D eigenvalue weighted by atomic mass is 10.0. The highest BCUT2D eigenvalue weighted by molar-refractivity contribution is 7.92. The van der Waals surface area contributed by atoms with E-state index < -0.39 is 28.5 Å². The van der Waals surface area contributed by atoms with Gasteiger partial charge in [-0.25, -0.2) is 8.42 Å². The molecule has 0 aliphatic heterocycles. The third kappa shape index (κ3) is 8.72. The molecule has 0 aromatic heterocycles. The van der Waals surface area contributed by atoms with Crippen LogP contribution in [0.15, 0.2) is 72.8 Å². The summed E-state index contributed by atoms with van der Waals surface area (Å²) in [6.07, 6.45) is 2.02. The zero-order valence-corrected chi connectivity index (χ0v) is 26.0. The van der Waals surface area contributed by atoms with Gasteiger partial charge in [0.1, 0.15) is 12.6 Å². The van der Waals surface area contributed by atoms with Gasteiger partial charge in [0.2, 0.25) is 21.8 Å². The summed E-state index contributed by atoms with van der Waals surface area (Å²) in [6.45, 7) is 5.44. The van der Waals surface area contributed by atoms with E-state index in [9.17, 15) is 18.0 Å². The first-order valence-corrected chi connectivity index (χ1v) is 15.7. The highest BCUT2D eigenvalue weighted by atomic mass is 32.2. The van der Waals surface area contributed by atoms with Crippen molar-refractivity contribution >= 4 is 27.5 Å². The Bertz CT molecular complexity index is 1460. The van der Waals surface area contributed by atoms with E-state index in [1.807, 2.05) is 75.4 Å². The Labute approximate surface area is 249 Å². The van der Waals surface area contributed by atoms with Crippen molar-refractivity contribution in [2.24, 2.45) is 0 Å². The SMILES string of the molecule is CC[C@@H](C)NC(=O)[C@H](Cc1ccccc1)N(Cc1cccc(C)c1)C(=O)CN(c1ccc(OC)c(OC)c1)S(C)(=O)=O. The number of hydrogen-bond acceptors (Lipinski definition) is 6. The van der Waals surface area contributed by atoms with E-state index in [2.05, 4.69) is 5.32 Å².